The monoisotopic (exact) mass is 409 g/mol. The minimum Gasteiger partial charge on any atom is -0.462 e. The summed E-state index contributed by atoms with van der Waals surface area (Å²) in [5, 5.41) is 0. The molecule has 0 fully saturated rings. The molecule has 0 saturated heterocycles. The lowest BCUT2D eigenvalue weighted by Gasteiger charge is -2.23. The number of thiophene rings is 1. The fourth-order valence-electron chi connectivity index (χ4n) is 3.48. The Labute approximate surface area is 172 Å². The second-order valence-electron chi connectivity index (χ2n) is 6.92. The van der Waals surface area contributed by atoms with Crippen LogP contribution < -0.4 is 4.90 Å². The van der Waals surface area contributed by atoms with Crippen LogP contribution in [0.15, 0.2) is 48.5 Å². The third-order valence-corrected chi connectivity index (χ3v) is 6.12. The van der Waals surface area contributed by atoms with Gasteiger partial charge in [-0.3, -0.25) is 4.79 Å². The second-order valence-corrected chi connectivity index (χ2v) is 7.97. The molecule has 0 unspecified atom stereocenters. The average molecular weight is 409 g/mol. The molecule has 1 amide bonds. The Balaban J connectivity index is 1.78. The molecule has 1 aliphatic rings. The van der Waals surface area contributed by atoms with Crippen LogP contribution in [0.3, 0.4) is 0 Å². The molecule has 0 spiro atoms. The smallest absolute Gasteiger partial charge is 0.348 e. The van der Waals surface area contributed by atoms with Gasteiger partial charge in [0, 0.05) is 22.5 Å². The molecule has 0 N–H and O–H groups in total. The van der Waals surface area contributed by atoms with Crippen LogP contribution in [0.25, 0.3) is 10.4 Å². The molecule has 4 rings (SSSR count). The van der Waals surface area contributed by atoms with Crippen molar-refractivity contribution in [1.29, 1.82) is 0 Å². The van der Waals surface area contributed by atoms with Gasteiger partial charge >= 0.3 is 5.97 Å². The van der Waals surface area contributed by atoms with Crippen molar-refractivity contribution in [2.24, 2.45) is 0 Å². The summed E-state index contributed by atoms with van der Waals surface area (Å²) in [6.45, 7) is 4.43. The number of hydrogen-bond donors (Lipinski definition) is 0. The van der Waals surface area contributed by atoms with Gasteiger partial charge in [0.2, 0.25) is 0 Å². The summed E-state index contributed by atoms with van der Waals surface area (Å²) in [4.78, 5) is 28.4. The largest absolute Gasteiger partial charge is 0.462 e. The van der Waals surface area contributed by atoms with Crippen molar-refractivity contribution in [1.82, 2.24) is 0 Å². The van der Waals surface area contributed by atoms with Gasteiger partial charge in [-0.1, -0.05) is 17.7 Å². The summed E-state index contributed by atoms with van der Waals surface area (Å²) in [5.41, 5.74) is 3.86. The van der Waals surface area contributed by atoms with E-state index in [-0.39, 0.29) is 11.9 Å². The minimum atomic E-state index is -0.406. The molecule has 0 bridgehead atoms. The third-order valence-electron chi connectivity index (χ3n) is 4.93. The van der Waals surface area contributed by atoms with Gasteiger partial charge in [-0.05, 0) is 62.2 Å². The van der Waals surface area contributed by atoms with Crippen molar-refractivity contribution in [3.8, 4) is 10.4 Å². The van der Waals surface area contributed by atoms with Crippen LogP contribution in [0.5, 0.6) is 0 Å². The van der Waals surface area contributed by atoms with E-state index >= 15 is 0 Å². The first kappa shape index (κ1) is 19.3. The normalized spacial score (nSPS) is 12.7. The van der Waals surface area contributed by atoms with Gasteiger partial charge in [-0.2, -0.15) is 0 Å². The van der Waals surface area contributed by atoms with Crippen molar-refractivity contribution in [2.75, 3.05) is 18.1 Å². The first-order valence-electron chi connectivity index (χ1n) is 9.46. The van der Waals surface area contributed by atoms with E-state index in [4.69, 9.17) is 4.74 Å². The summed E-state index contributed by atoms with van der Waals surface area (Å²) in [6, 6.07) is 13.6. The summed E-state index contributed by atoms with van der Waals surface area (Å²) in [7, 11) is 0. The molecule has 29 heavy (non-hydrogen) atoms. The SMILES string of the molecule is CCOC(=O)c1cc2c(s1)-c1ccc(F)cc1N(C(=O)c1ccc(C)cc1)CC2. The topological polar surface area (TPSA) is 46.6 Å². The van der Waals surface area contributed by atoms with E-state index in [0.29, 0.717) is 35.7 Å². The Morgan fingerprint density at radius 1 is 1.14 bits per heavy atom. The molecular weight excluding hydrogens is 389 g/mol. The van der Waals surface area contributed by atoms with Crippen molar-refractivity contribution in [2.45, 2.75) is 20.3 Å². The van der Waals surface area contributed by atoms with Gasteiger partial charge in [0.1, 0.15) is 10.7 Å². The molecule has 6 heteroatoms. The molecule has 0 aliphatic carbocycles. The minimum absolute atomic E-state index is 0.169. The van der Waals surface area contributed by atoms with Gasteiger partial charge in [-0.25, -0.2) is 9.18 Å². The van der Waals surface area contributed by atoms with E-state index in [1.54, 1.807) is 30.0 Å². The van der Waals surface area contributed by atoms with E-state index in [1.165, 1.54) is 23.5 Å². The maximum Gasteiger partial charge on any atom is 0.348 e. The molecule has 0 atom stereocenters. The highest BCUT2D eigenvalue weighted by atomic mass is 32.1. The Morgan fingerprint density at radius 2 is 1.90 bits per heavy atom. The fourth-order valence-corrected chi connectivity index (χ4v) is 4.62. The molecular formula is C23H20FNO3S. The zero-order chi connectivity index (χ0) is 20.5. The first-order valence-corrected chi connectivity index (χ1v) is 10.3. The maximum atomic E-state index is 14.1. The number of benzene rings is 2. The summed E-state index contributed by atoms with van der Waals surface area (Å²) >= 11 is 1.32. The average Bonchev–Trinajstić information content (AvgIpc) is 3.07. The van der Waals surface area contributed by atoms with Crippen molar-refractivity contribution in [3.05, 3.63) is 75.9 Å². The number of rotatable bonds is 3. The number of halogens is 1. The standard InChI is InChI=1S/C23H20FNO3S/c1-3-28-23(27)20-12-16-10-11-25(22(26)15-6-4-14(2)5-7-15)19-13-17(24)8-9-18(19)21(16)29-20/h4-9,12-13H,3,10-11H2,1-2H3. The van der Waals surface area contributed by atoms with Gasteiger partial charge in [0.25, 0.3) is 5.91 Å². The number of hydrogen-bond acceptors (Lipinski definition) is 4. The number of ether oxygens (including phenoxy) is 1. The van der Waals surface area contributed by atoms with Crippen LogP contribution in [-0.4, -0.2) is 25.0 Å². The number of fused-ring (bicyclic) bond motifs is 3. The number of amides is 1. The summed E-state index contributed by atoms with van der Waals surface area (Å²) < 4.78 is 19.2. The van der Waals surface area contributed by atoms with E-state index < -0.39 is 5.82 Å². The number of aryl methyl sites for hydroxylation is 1. The van der Waals surface area contributed by atoms with Crippen LogP contribution in [-0.2, 0) is 11.2 Å². The number of esters is 1. The van der Waals surface area contributed by atoms with E-state index in [0.717, 1.165) is 21.6 Å². The molecule has 3 aromatic rings. The van der Waals surface area contributed by atoms with Crippen molar-refractivity contribution in [3.63, 3.8) is 0 Å². The summed E-state index contributed by atoms with van der Waals surface area (Å²) in [6.07, 6.45) is 0.569. The predicted octanol–water partition coefficient (Wildman–Crippen LogP) is 5.24. The molecule has 0 radical (unpaired) electrons. The van der Waals surface area contributed by atoms with E-state index in [1.807, 2.05) is 25.1 Å². The maximum absolute atomic E-state index is 14.1. The molecule has 1 aromatic heterocycles. The van der Waals surface area contributed by atoms with Crippen molar-refractivity contribution < 1.29 is 18.7 Å². The van der Waals surface area contributed by atoms with Gasteiger partial charge in [0.15, 0.2) is 0 Å². The highest BCUT2D eigenvalue weighted by Crippen LogP contribution is 2.42. The van der Waals surface area contributed by atoms with Gasteiger partial charge < -0.3 is 9.64 Å². The number of carbonyl (C=O) groups excluding carboxylic acids is 2. The summed E-state index contributed by atoms with van der Waals surface area (Å²) in [5.74, 6) is -0.935. The number of anilines is 1. The first-order chi connectivity index (χ1) is 14.0. The lowest BCUT2D eigenvalue weighted by Crippen LogP contribution is -2.32. The third kappa shape index (κ3) is 3.68. The van der Waals surface area contributed by atoms with E-state index in [2.05, 4.69) is 0 Å². The Morgan fingerprint density at radius 3 is 2.62 bits per heavy atom. The van der Waals surface area contributed by atoms with Crippen LogP contribution in [0.2, 0.25) is 0 Å². The molecule has 4 nitrogen and oxygen atoms in total. The van der Waals surface area contributed by atoms with Crippen LogP contribution in [0.4, 0.5) is 10.1 Å². The molecule has 148 valence electrons. The van der Waals surface area contributed by atoms with Crippen molar-refractivity contribution >= 4 is 28.9 Å². The Hall–Kier alpha value is -2.99. The lowest BCUT2D eigenvalue weighted by molar-refractivity contribution is 0.0532. The number of carbonyl (C=O) groups is 2. The second kappa shape index (κ2) is 7.79. The lowest BCUT2D eigenvalue weighted by atomic mass is 10.1. The van der Waals surface area contributed by atoms with Gasteiger partial charge in [-0.15, -0.1) is 11.3 Å². The molecule has 2 aromatic carbocycles. The van der Waals surface area contributed by atoms with Crippen LogP contribution in [0.1, 0.15) is 38.1 Å². The molecule has 2 heterocycles. The molecule has 1 aliphatic heterocycles. The zero-order valence-corrected chi connectivity index (χ0v) is 17.0. The van der Waals surface area contributed by atoms with Gasteiger partial charge in [0.05, 0.1) is 12.3 Å². The Kier molecular flexibility index (Phi) is 5.20. The highest BCUT2D eigenvalue weighted by Gasteiger charge is 2.28. The van der Waals surface area contributed by atoms with Crippen LogP contribution in [0, 0.1) is 12.7 Å². The fraction of sp³-hybridized carbons (Fsp3) is 0.217. The van der Waals surface area contributed by atoms with E-state index in [9.17, 15) is 14.0 Å². The highest BCUT2D eigenvalue weighted by molar-refractivity contribution is 7.17. The molecule has 0 saturated carbocycles. The van der Waals surface area contributed by atoms with Crippen LogP contribution >= 0.6 is 11.3 Å². The zero-order valence-electron chi connectivity index (χ0n) is 16.2. The number of nitrogens with zero attached hydrogens (tertiary/aromatic N) is 1. The predicted molar refractivity (Wildman–Crippen MR) is 112 cm³/mol. The quantitative estimate of drug-likeness (QED) is 0.556. The Bertz CT molecular complexity index is 1090.